The monoisotopic (exact) mass is 539 g/mol. The highest BCUT2D eigenvalue weighted by Crippen LogP contribution is 2.37. The standard InChI is InChI=1S/C25H22Cl2F3N3O3/c1-2-35-22-11-17(10-21(27)24(22)36-15-16-6-8-19(26)9-7-16)13-32-33-23(34)14-31-20-5-3-4-18(12-20)25(28,29)30/h3-13,31H,2,14-15H2,1H3,(H,33,34)/b32-13-. The minimum absolute atomic E-state index is 0.159. The minimum Gasteiger partial charge on any atom is -0.490 e. The van der Waals surface area contributed by atoms with Crippen molar-refractivity contribution < 1.29 is 27.4 Å². The molecule has 1 amide bonds. The first kappa shape index (κ1) is 27.2. The third kappa shape index (κ3) is 8.07. The van der Waals surface area contributed by atoms with Gasteiger partial charge in [-0.1, -0.05) is 41.4 Å². The van der Waals surface area contributed by atoms with Crippen LogP contribution in [0.25, 0.3) is 0 Å². The van der Waals surface area contributed by atoms with Crippen LogP contribution in [-0.4, -0.2) is 25.3 Å². The lowest BCUT2D eigenvalue weighted by Crippen LogP contribution is -2.26. The third-order valence-corrected chi connectivity index (χ3v) is 5.21. The summed E-state index contributed by atoms with van der Waals surface area (Å²) < 4.78 is 49.9. The summed E-state index contributed by atoms with van der Waals surface area (Å²) in [6.07, 6.45) is -3.11. The number of alkyl halides is 3. The Balaban J connectivity index is 1.59. The van der Waals surface area contributed by atoms with Gasteiger partial charge in [0.05, 0.1) is 30.0 Å². The second kappa shape index (κ2) is 12.5. The molecule has 0 aliphatic rings. The fourth-order valence-corrected chi connectivity index (χ4v) is 3.41. The van der Waals surface area contributed by atoms with E-state index in [1.807, 2.05) is 19.1 Å². The second-order valence-corrected chi connectivity index (χ2v) is 8.25. The van der Waals surface area contributed by atoms with Crippen LogP contribution in [0.15, 0.2) is 65.8 Å². The van der Waals surface area contributed by atoms with Crippen LogP contribution in [0.3, 0.4) is 0 Å². The van der Waals surface area contributed by atoms with Gasteiger partial charge in [0.25, 0.3) is 5.91 Å². The number of anilines is 1. The zero-order valence-corrected chi connectivity index (χ0v) is 20.5. The average Bonchev–Trinajstić information content (AvgIpc) is 2.83. The van der Waals surface area contributed by atoms with Crippen LogP contribution < -0.4 is 20.2 Å². The van der Waals surface area contributed by atoms with Crippen LogP contribution in [0.1, 0.15) is 23.6 Å². The van der Waals surface area contributed by atoms with E-state index in [4.69, 9.17) is 32.7 Å². The molecule has 3 rings (SSSR count). The largest absolute Gasteiger partial charge is 0.490 e. The summed E-state index contributed by atoms with van der Waals surface area (Å²) in [5.74, 6) is 0.209. The first-order chi connectivity index (χ1) is 17.2. The SMILES string of the molecule is CCOc1cc(/C=N\NC(=O)CNc2cccc(C(F)(F)F)c2)cc(Cl)c1OCc1ccc(Cl)cc1. The van der Waals surface area contributed by atoms with E-state index in [0.717, 1.165) is 17.7 Å². The third-order valence-electron chi connectivity index (χ3n) is 4.67. The number of hydrogen-bond donors (Lipinski definition) is 2. The zero-order chi connectivity index (χ0) is 26.1. The molecule has 6 nitrogen and oxygen atoms in total. The van der Waals surface area contributed by atoms with Gasteiger partial charge < -0.3 is 14.8 Å². The lowest BCUT2D eigenvalue weighted by molar-refractivity contribution is -0.137. The maximum Gasteiger partial charge on any atom is 0.416 e. The summed E-state index contributed by atoms with van der Waals surface area (Å²) in [5, 5.41) is 7.41. The molecule has 0 aliphatic heterocycles. The summed E-state index contributed by atoms with van der Waals surface area (Å²) in [4.78, 5) is 12.0. The quantitative estimate of drug-likeness (QED) is 0.226. The van der Waals surface area contributed by atoms with Gasteiger partial charge in [-0.2, -0.15) is 18.3 Å². The predicted octanol–water partition coefficient (Wildman–Crippen LogP) is 6.55. The fourth-order valence-electron chi connectivity index (χ4n) is 3.01. The first-order valence-electron chi connectivity index (χ1n) is 10.7. The van der Waals surface area contributed by atoms with Crippen molar-refractivity contribution in [3.8, 4) is 11.5 Å². The number of hydrogen-bond acceptors (Lipinski definition) is 5. The number of halogens is 5. The zero-order valence-electron chi connectivity index (χ0n) is 19.0. The number of amides is 1. The molecule has 0 saturated heterocycles. The highest BCUT2D eigenvalue weighted by molar-refractivity contribution is 6.32. The van der Waals surface area contributed by atoms with E-state index in [-0.39, 0.29) is 23.9 Å². The molecule has 11 heteroatoms. The molecule has 0 radical (unpaired) electrons. The number of carbonyl (C=O) groups excluding carboxylic acids is 1. The van der Waals surface area contributed by atoms with Crippen LogP contribution in [0.2, 0.25) is 10.0 Å². The second-order valence-electron chi connectivity index (χ2n) is 7.40. The smallest absolute Gasteiger partial charge is 0.416 e. The van der Waals surface area contributed by atoms with Gasteiger partial charge in [0.15, 0.2) is 11.5 Å². The summed E-state index contributed by atoms with van der Waals surface area (Å²) in [6, 6.07) is 15.0. The Morgan fingerprint density at radius 1 is 1.06 bits per heavy atom. The summed E-state index contributed by atoms with van der Waals surface area (Å²) in [7, 11) is 0. The van der Waals surface area contributed by atoms with Gasteiger partial charge in [-0.15, -0.1) is 0 Å². The fraction of sp³-hybridized carbons (Fsp3) is 0.200. The highest BCUT2D eigenvalue weighted by Gasteiger charge is 2.30. The van der Waals surface area contributed by atoms with Crippen molar-refractivity contribution in [1.82, 2.24) is 5.43 Å². The molecule has 190 valence electrons. The van der Waals surface area contributed by atoms with Crippen LogP contribution >= 0.6 is 23.2 Å². The molecule has 36 heavy (non-hydrogen) atoms. The molecule has 3 aromatic carbocycles. The van der Waals surface area contributed by atoms with Crippen molar-refractivity contribution in [2.45, 2.75) is 19.7 Å². The molecule has 0 spiro atoms. The van der Waals surface area contributed by atoms with Gasteiger partial charge in [-0.3, -0.25) is 4.79 Å². The molecule has 0 unspecified atom stereocenters. The van der Waals surface area contributed by atoms with E-state index in [1.165, 1.54) is 18.3 Å². The summed E-state index contributed by atoms with van der Waals surface area (Å²) >= 11 is 12.3. The maximum absolute atomic E-state index is 12.8. The number of benzene rings is 3. The van der Waals surface area contributed by atoms with Gasteiger partial charge in [0, 0.05) is 10.7 Å². The Bertz CT molecular complexity index is 1220. The van der Waals surface area contributed by atoms with Crippen molar-refractivity contribution in [2.75, 3.05) is 18.5 Å². The van der Waals surface area contributed by atoms with Gasteiger partial charge in [-0.05, 0) is 60.5 Å². The van der Waals surface area contributed by atoms with Gasteiger partial charge in [0.2, 0.25) is 0 Å². The van der Waals surface area contributed by atoms with Crippen LogP contribution in [0.5, 0.6) is 11.5 Å². The highest BCUT2D eigenvalue weighted by atomic mass is 35.5. The lowest BCUT2D eigenvalue weighted by Gasteiger charge is -2.14. The number of nitrogens with zero attached hydrogens (tertiary/aromatic N) is 1. The molecular weight excluding hydrogens is 518 g/mol. The van der Waals surface area contributed by atoms with E-state index in [2.05, 4.69) is 15.8 Å². The van der Waals surface area contributed by atoms with E-state index in [9.17, 15) is 18.0 Å². The Morgan fingerprint density at radius 2 is 1.81 bits per heavy atom. The number of carbonyl (C=O) groups is 1. The van der Waals surface area contributed by atoms with Crippen LogP contribution in [0, 0.1) is 0 Å². The van der Waals surface area contributed by atoms with Gasteiger partial charge in [-0.25, -0.2) is 5.43 Å². The topological polar surface area (TPSA) is 72.0 Å². The molecule has 0 atom stereocenters. The van der Waals surface area contributed by atoms with Crippen molar-refractivity contribution in [1.29, 1.82) is 0 Å². The molecular formula is C25H22Cl2F3N3O3. The van der Waals surface area contributed by atoms with Crippen LogP contribution in [-0.2, 0) is 17.6 Å². The number of ether oxygens (including phenoxy) is 2. The van der Waals surface area contributed by atoms with E-state index < -0.39 is 17.6 Å². The molecule has 3 aromatic rings. The molecule has 0 aliphatic carbocycles. The Morgan fingerprint density at radius 3 is 2.50 bits per heavy atom. The van der Waals surface area contributed by atoms with E-state index in [0.29, 0.717) is 28.7 Å². The first-order valence-corrected chi connectivity index (χ1v) is 11.5. The Labute approximate surface area is 216 Å². The molecule has 0 aromatic heterocycles. The predicted molar refractivity (Wildman–Crippen MR) is 134 cm³/mol. The minimum atomic E-state index is -4.47. The number of nitrogens with one attached hydrogen (secondary N) is 2. The molecule has 0 fully saturated rings. The average molecular weight is 540 g/mol. The van der Waals surface area contributed by atoms with E-state index >= 15 is 0 Å². The normalized spacial score (nSPS) is 11.4. The summed E-state index contributed by atoms with van der Waals surface area (Å²) in [5.41, 5.74) is 3.08. The summed E-state index contributed by atoms with van der Waals surface area (Å²) in [6.45, 7) is 2.15. The molecule has 0 heterocycles. The van der Waals surface area contributed by atoms with Crippen molar-refractivity contribution in [2.24, 2.45) is 5.10 Å². The van der Waals surface area contributed by atoms with Crippen molar-refractivity contribution in [3.05, 3.63) is 87.4 Å². The lowest BCUT2D eigenvalue weighted by atomic mass is 10.2. The van der Waals surface area contributed by atoms with E-state index in [1.54, 1.807) is 24.3 Å². The van der Waals surface area contributed by atoms with Gasteiger partial charge in [0.1, 0.15) is 6.61 Å². The van der Waals surface area contributed by atoms with Crippen molar-refractivity contribution >= 4 is 41.0 Å². The molecule has 2 N–H and O–H groups in total. The van der Waals surface area contributed by atoms with Gasteiger partial charge >= 0.3 is 6.18 Å². The van der Waals surface area contributed by atoms with Crippen LogP contribution in [0.4, 0.5) is 18.9 Å². The number of hydrazone groups is 1. The molecule has 0 bridgehead atoms. The Hall–Kier alpha value is -3.43. The maximum atomic E-state index is 12.8. The van der Waals surface area contributed by atoms with Crippen molar-refractivity contribution in [3.63, 3.8) is 0 Å². The molecule has 0 saturated carbocycles. The Kier molecular flexibility index (Phi) is 9.44. The number of rotatable bonds is 10.